The number of hydrazine groups is 1. The molecule has 0 spiro atoms. The molecule has 2 atom stereocenters. The van der Waals surface area contributed by atoms with Crippen LogP contribution in [0.15, 0.2) is 0 Å². The smallest absolute Gasteiger partial charge is 0.173 e. The summed E-state index contributed by atoms with van der Waals surface area (Å²) in [6, 6.07) is -0.0276. The lowest BCUT2D eigenvalue weighted by Gasteiger charge is -2.29. The molecule has 0 aromatic rings. The molecular weight excluding hydrogens is 184 g/mol. The summed E-state index contributed by atoms with van der Waals surface area (Å²) in [4.78, 5) is 0. The number of hydrogen-bond acceptors (Lipinski definition) is 5. The minimum atomic E-state index is -0.327. The second kappa shape index (κ2) is 8.14. The Morgan fingerprint density at radius 3 is 2.14 bits per heavy atom. The van der Waals surface area contributed by atoms with Gasteiger partial charge in [0.15, 0.2) is 6.29 Å². The van der Waals surface area contributed by atoms with Crippen molar-refractivity contribution in [1.29, 1.82) is 0 Å². The van der Waals surface area contributed by atoms with Gasteiger partial charge in [-0.1, -0.05) is 6.92 Å². The average molecular weight is 206 g/mol. The van der Waals surface area contributed by atoms with Crippen LogP contribution in [0.2, 0.25) is 0 Å². The van der Waals surface area contributed by atoms with Crippen LogP contribution in [0.4, 0.5) is 0 Å². The molecule has 14 heavy (non-hydrogen) atoms. The summed E-state index contributed by atoms with van der Waals surface area (Å²) in [6.45, 7) is 2.79. The lowest BCUT2D eigenvalue weighted by molar-refractivity contribution is -0.133. The first kappa shape index (κ1) is 13.8. The predicted molar refractivity (Wildman–Crippen MR) is 54.6 cm³/mol. The topological polar surface area (TPSA) is 65.7 Å². The third-order valence-electron chi connectivity index (χ3n) is 2.34. The zero-order valence-electron chi connectivity index (χ0n) is 9.45. The van der Waals surface area contributed by atoms with Crippen molar-refractivity contribution >= 4 is 0 Å². The van der Waals surface area contributed by atoms with Crippen molar-refractivity contribution in [3.8, 4) is 0 Å². The fourth-order valence-corrected chi connectivity index (χ4v) is 1.38. The van der Waals surface area contributed by atoms with E-state index in [1.807, 2.05) is 0 Å². The summed E-state index contributed by atoms with van der Waals surface area (Å²) in [7, 11) is 4.88. The highest BCUT2D eigenvalue weighted by molar-refractivity contribution is 4.74. The van der Waals surface area contributed by atoms with Gasteiger partial charge in [0.05, 0.1) is 6.04 Å². The molecule has 0 fully saturated rings. The molecule has 5 heteroatoms. The minimum absolute atomic E-state index is 0.0276. The van der Waals surface area contributed by atoms with Crippen molar-refractivity contribution in [1.82, 2.24) is 5.43 Å². The molecule has 0 aliphatic heterocycles. The fraction of sp³-hybridized carbons (Fsp3) is 1.00. The van der Waals surface area contributed by atoms with Crippen LogP contribution in [-0.4, -0.2) is 40.3 Å². The van der Waals surface area contributed by atoms with Gasteiger partial charge in [-0.2, -0.15) is 0 Å². The summed E-state index contributed by atoms with van der Waals surface area (Å²) in [5.74, 6) is 5.77. The Hall–Kier alpha value is -0.200. The average Bonchev–Trinajstić information content (AvgIpc) is 2.22. The molecule has 0 aliphatic rings. The fourth-order valence-electron chi connectivity index (χ4n) is 1.38. The van der Waals surface area contributed by atoms with Crippen LogP contribution in [0.25, 0.3) is 0 Å². The first-order chi connectivity index (χ1) is 6.71. The molecule has 0 heterocycles. The molecule has 0 aromatic heterocycles. The Balaban J connectivity index is 4.07. The van der Waals surface area contributed by atoms with E-state index >= 15 is 0 Å². The van der Waals surface area contributed by atoms with Gasteiger partial charge in [-0.3, -0.25) is 11.3 Å². The second-order valence-electron chi connectivity index (χ2n) is 3.29. The number of rotatable bonds is 8. The van der Waals surface area contributed by atoms with Crippen LogP contribution in [0.3, 0.4) is 0 Å². The van der Waals surface area contributed by atoms with Gasteiger partial charge >= 0.3 is 0 Å². The third-order valence-corrected chi connectivity index (χ3v) is 2.34. The summed E-state index contributed by atoms with van der Waals surface area (Å²) >= 11 is 0. The van der Waals surface area contributed by atoms with Crippen molar-refractivity contribution in [2.45, 2.75) is 25.7 Å². The molecule has 86 valence electrons. The molecule has 3 N–H and O–H groups in total. The Bertz CT molecular complexity index is 131. The Labute approximate surface area is 85.9 Å². The molecule has 0 bridgehead atoms. The molecule has 0 radical (unpaired) electrons. The van der Waals surface area contributed by atoms with Gasteiger partial charge in [-0.25, -0.2) is 0 Å². The summed E-state index contributed by atoms with van der Waals surface area (Å²) in [5, 5.41) is 0. The van der Waals surface area contributed by atoms with Gasteiger partial charge in [0.25, 0.3) is 0 Å². The Kier molecular flexibility index (Phi) is 8.02. The summed E-state index contributed by atoms with van der Waals surface area (Å²) in [5.41, 5.74) is 2.71. The van der Waals surface area contributed by atoms with Crippen molar-refractivity contribution in [2.24, 2.45) is 11.8 Å². The second-order valence-corrected chi connectivity index (χ2v) is 3.29. The number of nitrogens with one attached hydrogen (secondary N) is 1. The zero-order valence-corrected chi connectivity index (χ0v) is 9.45. The van der Waals surface area contributed by atoms with Gasteiger partial charge in [0, 0.05) is 27.9 Å². The third kappa shape index (κ3) is 4.34. The standard InChI is InChI=1S/C9H22N2O3/c1-7(5-6-12-2)8(11-10)9(13-3)14-4/h7-9,11H,5-6,10H2,1-4H3. The molecule has 0 aromatic carbocycles. The monoisotopic (exact) mass is 206 g/mol. The molecule has 0 saturated heterocycles. The van der Waals surface area contributed by atoms with E-state index in [1.54, 1.807) is 21.3 Å². The van der Waals surface area contributed by atoms with E-state index in [4.69, 9.17) is 20.1 Å². The van der Waals surface area contributed by atoms with E-state index in [2.05, 4.69) is 12.3 Å². The highest BCUT2D eigenvalue weighted by Gasteiger charge is 2.25. The van der Waals surface area contributed by atoms with Crippen molar-refractivity contribution in [3.05, 3.63) is 0 Å². The van der Waals surface area contributed by atoms with E-state index in [0.717, 1.165) is 6.42 Å². The maximum atomic E-state index is 5.45. The van der Waals surface area contributed by atoms with E-state index in [9.17, 15) is 0 Å². The van der Waals surface area contributed by atoms with E-state index in [-0.39, 0.29) is 12.3 Å². The van der Waals surface area contributed by atoms with Crippen molar-refractivity contribution < 1.29 is 14.2 Å². The van der Waals surface area contributed by atoms with Crippen molar-refractivity contribution in [2.75, 3.05) is 27.9 Å². The molecule has 5 nitrogen and oxygen atoms in total. The maximum absolute atomic E-state index is 5.45. The van der Waals surface area contributed by atoms with Crippen LogP contribution in [0.5, 0.6) is 0 Å². The number of hydrogen-bond donors (Lipinski definition) is 2. The Morgan fingerprint density at radius 2 is 1.79 bits per heavy atom. The molecule has 0 saturated carbocycles. The van der Waals surface area contributed by atoms with E-state index < -0.39 is 0 Å². The van der Waals surface area contributed by atoms with Crippen LogP contribution in [0, 0.1) is 5.92 Å². The van der Waals surface area contributed by atoms with Crippen LogP contribution >= 0.6 is 0 Å². The minimum Gasteiger partial charge on any atom is -0.385 e. The number of methoxy groups -OCH3 is 3. The molecule has 0 rings (SSSR count). The van der Waals surface area contributed by atoms with Gasteiger partial charge in [-0.15, -0.1) is 0 Å². The van der Waals surface area contributed by atoms with Crippen LogP contribution in [0.1, 0.15) is 13.3 Å². The normalized spacial score (nSPS) is 15.9. The first-order valence-electron chi connectivity index (χ1n) is 4.71. The lowest BCUT2D eigenvalue weighted by atomic mass is 9.98. The SMILES string of the molecule is COCCC(C)C(NN)C(OC)OC. The lowest BCUT2D eigenvalue weighted by Crippen LogP contribution is -2.49. The highest BCUT2D eigenvalue weighted by atomic mass is 16.7. The van der Waals surface area contributed by atoms with Gasteiger partial charge in [0.1, 0.15) is 0 Å². The van der Waals surface area contributed by atoms with Gasteiger partial charge in [0.2, 0.25) is 0 Å². The maximum Gasteiger partial charge on any atom is 0.173 e. The van der Waals surface area contributed by atoms with E-state index in [0.29, 0.717) is 12.5 Å². The first-order valence-corrected chi connectivity index (χ1v) is 4.71. The molecular formula is C9H22N2O3. The number of nitrogens with two attached hydrogens (primary N) is 1. The summed E-state index contributed by atoms with van der Waals surface area (Å²) in [6.07, 6.45) is 0.584. The van der Waals surface area contributed by atoms with Gasteiger partial charge < -0.3 is 14.2 Å². The molecule has 2 unspecified atom stereocenters. The summed E-state index contributed by atoms with van der Waals surface area (Å²) < 4.78 is 15.3. The largest absolute Gasteiger partial charge is 0.385 e. The van der Waals surface area contributed by atoms with Crippen LogP contribution < -0.4 is 11.3 Å². The number of ether oxygens (including phenoxy) is 3. The highest BCUT2D eigenvalue weighted by Crippen LogP contribution is 2.13. The van der Waals surface area contributed by atoms with Crippen molar-refractivity contribution in [3.63, 3.8) is 0 Å². The molecule has 0 amide bonds. The Morgan fingerprint density at radius 1 is 1.21 bits per heavy atom. The van der Waals surface area contributed by atoms with Gasteiger partial charge in [-0.05, 0) is 12.3 Å². The quantitative estimate of drug-likeness (QED) is 0.335. The van der Waals surface area contributed by atoms with E-state index in [1.165, 1.54) is 0 Å². The molecule has 0 aliphatic carbocycles. The zero-order chi connectivity index (χ0) is 11.0. The van der Waals surface area contributed by atoms with Crippen LogP contribution in [-0.2, 0) is 14.2 Å². The predicted octanol–water partition coefficient (Wildman–Crippen LogP) is 0.110.